The van der Waals surface area contributed by atoms with Gasteiger partial charge in [0, 0.05) is 32.4 Å². The molecule has 1 atom stereocenters. The molecule has 0 saturated carbocycles. The van der Waals surface area contributed by atoms with Gasteiger partial charge >= 0.3 is 0 Å². The molecule has 3 heterocycles. The second-order valence-corrected chi connectivity index (χ2v) is 8.46. The van der Waals surface area contributed by atoms with Crippen LogP contribution >= 0.6 is 11.6 Å². The monoisotopic (exact) mass is 416 g/mol. The van der Waals surface area contributed by atoms with Crippen molar-refractivity contribution >= 4 is 23.0 Å². The lowest BCUT2D eigenvalue weighted by atomic mass is 10.0. The molecule has 6 nitrogen and oxygen atoms in total. The van der Waals surface area contributed by atoms with Crippen LogP contribution in [0.4, 0.5) is 11.4 Å². The molecule has 2 aromatic rings. The van der Waals surface area contributed by atoms with Gasteiger partial charge in [-0.2, -0.15) is 5.10 Å². The topological polar surface area (TPSA) is 50.6 Å². The number of hydrogen-bond donors (Lipinski definition) is 0. The Balaban J connectivity index is 1.48. The van der Waals surface area contributed by atoms with Gasteiger partial charge in [-0.1, -0.05) is 29.8 Å². The van der Waals surface area contributed by atoms with Crippen molar-refractivity contribution < 1.29 is 4.74 Å². The second kappa shape index (κ2) is 8.76. The number of hydrogen-bond acceptors (Lipinski definition) is 5. The van der Waals surface area contributed by atoms with Gasteiger partial charge in [0.25, 0.3) is 5.56 Å². The summed E-state index contributed by atoms with van der Waals surface area (Å²) < 4.78 is 7.16. The van der Waals surface area contributed by atoms with Crippen molar-refractivity contribution in [3.05, 3.63) is 51.4 Å². The minimum Gasteiger partial charge on any atom is -0.379 e. The fourth-order valence-electron chi connectivity index (χ4n) is 4.44. The molecule has 1 aromatic carbocycles. The van der Waals surface area contributed by atoms with Gasteiger partial charge < -0.3 is 14.5 Å². The van der Waals surface area contributed by atoms with Gasteiger partial charge in [0.2, 0.25) is 0 Å². The third-order valence-corrected chi connectivity index (χ3v) is 6.61. The van der Waals surface area contributed by atoms with Crippen LogP contribution in [-0.4, -0.2) is 49.2 Å². The number of para-hydroxylation sites is 1. The van der Waals surface area contributed by atoms with Gasteiger partial charge in [-0.3, -0.25) is 4.79 Å². The average Bonchev–Trinajstić information content (AvgIpc) is 2.76. The van der Waals surface area contributed by atoms with E-state index in [2.05, 4.69) is 41.2 Å². The predicted octanol–water partition coefficient (Wildman–Crippen LogP) is 3.66. The Kier molecular flexibility index (Phi) is 6.11. The highest BCUT2D eigenvalue weighted by Gasteiger charge is 2.26. The van der Waals surface area contributed by atoms with E-state index in [9.17, 15) is 4.79 Å². The smallest absolute Gasteiger partial charge is 0.287 e. The summed E-state index contributed by atoms with van der Waals surface area (Å²) in [5, 5.41) is 4.77. The first-order valence-electron chi connectivity index (χ1n) is 10.4. The molecule has 4 rings (SSSR count). The molecule has 0 N–H and O–H groups in total. The fraction of sp³-hybridized carbons (Fsp3) is 0.545. The van der Waals surface area contributed by atoms with Gasteiger partial charge in [0.05, 0.1) is 30.6 Å². The van der Waals surface area contributed by atoms with E-state index in [-0.39, 0.29) is 22.7 Å². The van der Waals surface area contributed by atoms with Crippen LogP contribution in [0.5, 0.6) is 0 Å². The molecule has 2 fully saturated rings. The maximum atomic E-state index is 13.0. The van der Waals surface area contributed by atoms with Crippen LogP contribution in [0, 0.1) is 6.92 Å². The van der Waals surface area contributed by atoms with Crippen molar-refractivity contribution in [1.29, 1.82) is 0 Å². The van der Waals surface area contributed by atoms with Gasteiger partial charge in [0.1, 0.15) is 5.02 Å². The van der Waals surface area contributed by atoms with Crippen LogP contribution in [0.15, 0.2) is 35.3 Å². The van der Waals surface area contributed by atoms with Gasteiger partial charge in [-0.05, 0) is 44.2 Å². The lowest BCUT2D eigenvalue weighted by molar-refractivity contribution is 0.0806. The standard InChI is InChI=1S/C22H29ClN4O2/c1-16-6-3-4-8-19(16)26-11-9-17(10-12-26)27-22(28)21(23)20(14-24-27)25(2)18-7-5-13-29-15-18/h3-4,6,8,14,17-18H,5,7,9-13,15H2,1-2H3/t18-/m1/s1. The lowest BCUT2D eigenvalue weighted by Gasteiger charge is -2.35. The Morgan fingerprint density at radius 2 is 1.97 bits per heavy atom. The number of aryl methyl sites for hydroxylation is 1. The number of halogens is 1. The van der Waals surface area contributed by atoms with Crippen molar-refractivity contribution in [2.45, 2.75) is 44.7 Å². The average molecular weight is 417 g/mol. The Hall–Kier alpha value is -2.05. The summed E-state index contributed by atoms with van der Waals surface area (Å²) in [6.45, 7) is 5.41. The molecule has 29 heavy (non-hydrogen) atoms. The number of aromatic nitrogens is 2. The minimum absolute atomic E-state index is 0.0811. The van der Waals surface area contributed by atoms with E-state index in [0.717, 1.165) is 45.4 Å². The normalized spacial score (nSPS) is 20.7. The molecule has 0 spiro atoms. The predicted molar refractivity (Wildman–Crippen MR) is 117 cm³/mol. The number of nitrogens with zero attached hydrogens (tertiary/aromatic N) is 4. The van der Waals surface area contributed by atoms with E-state index >= 15 is 0 Å². The second-order valence-electron chi connectivity index (χ2n) is 8.08. The molecule has 1 aromatic heterocycles. The van der Waals surface area contributed by atoms with E-state index in [1.165, 1.54) is 11.3 Å². The summed E-state index contributed by atoms with van der Waals surface area (Å²) in [4.78, 5) is 17.4. The highest BCUT2D eigenvalue weighted by Crippen LogP contribution is 2.29. The summed E-state index contributed by atoms with van der Waals surface area (Å²) in [5.41, 5.74) is 3.06. The molecule has 2 aliphatic rings. The lowest BCUT2D eigenvalue weighted by Crippen LogP contribution is -2.41. The van der Waals surface area contributed by atoms with Gasteiger partial charge in [-0.25, -0.2) is 4.68 Å². The van der Waals surface area contributed by atoms with E-state index in [0.29, 0.717) is 12.3 Å². The summed E-state index contributed by atoms with van der Waals surface area (Å²) in [5.74, 6) is 0. The Labute approximate surface area is 177 Å². The molecule has 2 aliphatic heterocycles. The maximum Gasteiger partial charge on any atom is 0.287 e. The van der Waals surface area contributed by atoms with Crippen LogP contribution < -0.4 is 15.4 Å². The van der Waals surface area contributed by atoms with Gasteiger partial charge in [-0.15, -0.1) is 0 Å². The molecular formula is C22H29ClN4O2. The number of ether oxygens (including phenoxy) is 1. The van der Waals surface area contributed by atoms with E-state index in [4.69, 9.17) is 16.3 Å². The summed E-state index contributed by atoms with van der Waals surface area (Å²) in [6, 6.07) is 8.76. The van der Waals surface area contributed by atoms with E-state index < -0.39 is 0 Å². The molecule has 0 radical (unpaired) electrons. The Bertz CT molecular complexity index is 902. The zero-order chi connectivity index (χ0) is 20.4. The SMILES string of the molecule is Cc1ccccc1N1CCC(n2ncc(N(C)[C@@H]3CCCOC3)c(Cl)c2=O)CC1. The molecular weight excluding hydrogens is 388 g/mol. The highest BCUT2D eigenvalue weighted by molar-refractivity contribution is 6.33. The number of piperidine rings is 1. The molecule has 0 bridgehead atoms. The molecule has 0 amide bonds. The summed E-state index contributed by atoms with van der Waals surface area (Å²) in [7, 11) is 1.96. The number of benzene rings is 1. The van der Waals surface area contributed by atoms with Crippen molar-refractivity contribution in [2.24, 2.45) is 0 Å². The van der Waals surface area contributed by atoms with Crippen LogP contribution in [-0.2, 0) is 4.74 Å². The highest BCUT2D eigenvalue weighted by atomic mass is 35.5. The number of likely N-dealkylation sites (N-methyl/N-ethyl adjacent to an activating group) is 1. The van der Waals surface area contributed by atoms with Crippen LogP contribution in [0.3, 0.4) is 0 Å². The minimum atomic E-state index is -0.193. The zero-order valence-corrected chi connectivity index (χ0v) is 17.9. The molecule has 0 unspecified atom stereocenters. The third kappa shape index (κ3) is 4.14. The quantitative estimate of drug-likeness (QED) is 0.761. The van der Waals surface area contributed by atoms with Gasteiger partial charge in [0.15, 0.2) is 0 Å². The van der Waals surface area contributed by atoms with Crippen molar-refractivity contribution in [1.82, 2.24) is 9.78 Å². The summed E-state index contributed by atoms with van der Waals surface area (Å²) >= 11 is 6.51. The van der Waals surface area contributed by atoms with Crippen LogP contribution in [0.25, 0.3) is 0 Å². The molecule has 0 aliphatic carbocycles. The van der Waals surface area contributed by atoms with Crippen molar-refractivity contribution in [3.8, 4) is 0 Å². The number of anilines is 2. The van der Waals surface area contributed by atoms with Crippen LogP contribution in [0.2, 0.25) is 5.02 Å². The zero-order valence-electron chi connectivity index (χ0n) is 17.2. The fourth-order valence-corrected chi connectivity index (χ4v) is 4.71. The Morgan fingerprint density at radius 3 is 2.66 bits per heavy atom. The first-order valence-corrected chi connectivity index (χ1v) is 10.8. The summed E-state index contributed by atoms with van der Waals surface area (Å²) in [6.07, 6.45) is 5.56. The first kappa shape index (κ1) is 20.2. The van der Waals surface area contributed by atoms with E-state index in [1.54, 1.807) is 10.9 Å². The van der Waals surface area contributed by atoms with Crippen molar-refractivity contribution in [2.75, 3.05) is 43.2 Å². The largest absolute Gasteiger partial charge is 0.379 e. The van der Waals surface area contributed by atoms with Crippen molar-refractivity contribution in [3.63, 3.8) is 0 Å². The molecule has 7 heteroatoms. The Morgan fingerprint density at radius 1 is 1.21 bits per heavy atom. The maximum absolute atomic E-state index is 13.0. The third-order valence-electron chi connectivity index (χ3n) is 6.26. The van der Waals surface area contributed by atoms with Crippen LogP contribution in [0.1, 0.15) is 37.3 Å². The first-order chi connectivity index (χ1) is 14.1. The molecule has 156 valence electrons. The number of rotatable bonds is 4. The van der Waals surface area contributed by atoms with E-state index in [1.807, 2.05) is 11.9 Å². The molecule has 2 saturated heterocycles.